The molecule has 0 unspecified atom stereocenters. The lowest BCUT2D eigenvalue weighted by molar-refractivity contribution is -0.120. The Labute approximate surface area is 139 Å². The van der Waals surface area contributed by atoms with Crippen LogP contribution in [0.4, 0.5) is 4.79 Å². The van der Waals surface area contributed by atoms with Crippen LogP contribution in [0.5, 0.6) is 5.75 Å². The first-order chi connectivity index (χ1) is 11.6. The Balaban J connectivity index is 1.67. The fraction of sp³-hybridized carbons (Fsp3) is 0.118. The number of hydrogen-bond acceptors (Lipinski definition) is 4. The molecule has 0 spiro atoms. The molecule has 0 saturated carbocycles. The number of carbonyl (C=O) groups excluding carboxylic acids is 2. The molecule has 2 aromatic rings. The molecule has 2 aromatic carbocycles. The minimum atomic E-state index is -0.475. The number of para-hydroxylation sites is 1. The predicted octanol–water partition coefficient (Wildman–Crippen LogP) is 1.34. The quantitative estimate of drug-likeness (QED) is 0.476. The van der Waals surface area contributed by atoms with E-state index in [1.165, 1.54) is 12.3 Å². The van der Waals surface area contributed by atoms with Crippen LogP contribution in [0, 0.1) is 0 Å². The van der Waals surface area contributed by atoms with Gasteiger partial charge in [-0.05, 0) is 17.7 Å². The molecule has 0 aliphatic carbocycles. The van der Waals surface area contributed by atoms with Gasteiger partial charge >= 0.3 is 6.03 Å². The number of urea groups is 1. The summed E-state index contributed by atoms with van der Waals surface area (Å²) in [6.07, 6.45) is 1.32. The smallest absolute Gasteiger partial charge is 0.315 e. The van der Waals surface area contributed by atoms with E-state index in [0.29, 0.717) is 12.1 Å². The van der Waals surface area contributed by atoms with Crippen LogP contribution >= 0.6 is 0 Å². The van der Waals surface area contributed by atoms with Crippen molar-refractivity contribution >= 4 is 18.2 Å². The summed E-state index contributed by atoms with van der Waals surface area (Å²) in [7, 11) is 0. The lowest BCUT2D eigenvalue weighted by atomic mass is 10.2. The number of hydrogen-bond donors (Lipinski definition) is 4. The summed E-state index contributed by atoms with van der Waals surface area (Å²) in [5, 5.41) is 18.3. The number of phenols is 1. The van der Waals surface area contributed by atoms with Crippen molar-refractivity contribution < 1.29 is 14.7 Å². The van der Waals surface area contributed by atoms with E-state index in [1.54, 1.807) is 18.2 Å². The minimum Gasteiger partial charge on any atom is -0.507 e. The van der Waals surface area contributed by atoms with E-state index in [2.05, 4.69) is 21.2 Å². The zero-order valence-corrected chi connectivity index (χ0v) is 12.9. The Kier molecular flexibility index (Phi) is 6.34. The molecule has 0 radical (unpaired) electrons. The van der Waals surface area contributed by atoms with Crippen molar-refractivity contribution in [3.8, 4) is 5.75 Å². The fourth-order valence-electron chi connectivity index (χ4n) is 1.81. The lowest BCUT2D eigenvalue weighted by Crippen LogP contribution is -2.40. The van der Waals surface area contributed by atoms with Gasteiger partial charge < -0.3 is 15.7 Å². The highest BCUT2D eigenvalue weighted by molar-refractivity contribution is 5.87. The molecule has 0 heterocycles. The van der Waals surface area contributed by atoms with Crippen LogP contribution in [-0.2, 0) is 11.3 Å². The maximum atomic E-state index is 11.6. The number of phenolic OH excluding ortho intramolecular Hbond substituents is 1. The topological polar surface area (TPSA) is 103 Å². The molecule has 0 fully saturated rings. The maximum absolute atomic E-state index is 11.6. The van der Waals surface area contributed by atoms with Gasteiger partial charge in [0.1, 0.15) is 12.3 Å². The Bertz CT molecular complexity index is 717. The summed E-state index contributed by atoms with van der Waals surface area (Å²) in [5.41, 5.74) is 3.70. The third-order valence-corrected chi connectivity index (χ3v) is 3.04. The molecule has 7 nitrogen and oxygen atoms in total. The third-order valence-electron chi connectivity index (χ3n) is 3.04. The van der Waals surface area contributed by atoms with E-state index in [9.17, 15) is 14.7 Å². The van der Waals surface area contributed by atoms with Crippen molar-refractivity contribution in [1.29, 1.82) is 0 Å². The highest BCUT2D eigenvalue weighted by Gasteiger charge is 2.04. The molecular weight excluding hydrogens is 308 g/mol. The number of nitrogens with zero attached hydrogens (tertiary/aromatic N) is 1. The van der Waals surface area contributed by atoms with Gasteiger partial charge in [-0.25, -0.2) is 10.2 Å². The Morgan fingerprint density at radius 1 is 1.00 bits per heavy atom. The second kappa shape index (κ2) is 8.94. The van der Waals surface area contributed by atoms with Crippen molar-refractivity contribution in [1.82, 2.24) is 16.1 Å². The van der Waals surface area contributed by atoms with Crippen LogP contribution in [0.3, 0.4) is 0 Å². The summed E-state index contributed by atoms with van der Waals surface area (Å²) in [4.78, 5) is 23.2. The molecule has 0 bridgehead atoms. The first kappa shape index (κ1) is 17.0. The maximum Gasteiger partial charge on any atom is 0.315 e. The average Bonchev–Trinajstić information content (AvgIpc) is 2.61. The van der Waals surface area contributed by atoms with Gasteiger partial charge in [-0.3, -0.25) is 4.79 Å². The normalized spacial score (nSPS) is 10.3. The van der Waals surface area contributed by atoms with E-state index in [-0.39, 0.29) is 12.3 Å². The van der Waals surface area contributed by atoms with Crippen LogP contribution < -0.4 is 16.1 Å². The predicted molar refractivity (Wildman–Crippen MR) is 90.5 cm³/mol. The van der Waals surface area contributed by atoms with E-state index in [1.807, 2.05) is 30.3 Å². The highest BCUT2D eigenvalue weighted by atomic mass is 16.3. The van der Waals surface area contributed by atoms with Crippen molar-refractivity contribution in [3.05, 3.63) is 65.7 Å². The standard InChI is InChI=1S/C17H18N4O3/c22-15-9-5-4-8-14(15)11-20-21-16(23)12-19-17(24)18-10-13-6-2-1-3-7-13/h1-9,11,22H,10,12H2,(H,21,23)(H2,18,19,24)/b20-11+. The van der Waals surface area contributed by atoms with Crippen molar-refractivity contribution in [3.63, 3.8) is 0 Å². The molecule has 4 N–H and O–H groups in total. The first-order valence-electron chi connectivity index (χ1n) is 7.30. The van der Waals surface area contributed by atoms with Gasteiger partial charge in [0.2, 0.25) is 0 Å². The Morgan fingerprint density at radius 3 is 2.46 bits per heavy atom. The van der Waals surface area contributed by atoms with Gasteiger partial charge in [-0.2, -0.15) is 5.10 Å². The Morgan fingerprint density at radius 2 is 1.71 bits per heavy atom. The molecule has 3 amide bonds. The SMILES string of the molecule is O=C(CNC(=O)NCc1ccccc1)N/N=C/c1ccccc1O. The van der Waals surface area contributed by atoms with E-state index < -0.39 is 11.9 Å². The van der Waals surface area contributed by atoms with Crippen LogP contribution in [0.2, 0.25) is 0 Å². The van der Waals surface area contributed by atoms with E-state index in [4.69, 9.17) is 0 Å². The third kappa shape index (κ3) is 5.80. The van der Waals surface area contributed by atoms with Gasteiger partial charge in [0.05, 0.1) is 6.21 Å². The fourth-order valence-corrected chi connectivity index (χ4v) is 1.81. The number of amides is 3. The second-order valence-corrected chi connectivity index (χ2v) is 4.87. The van der Waals surface area contributed by atoms with Gasteiger partial charge in [0.15, 0.2) is 0 Å². The number of hydrazone groups is 1. The van der Waals surface area contributed by atoms with E-state index in [0.717, 1.165) is 5.56 Å². The Hall–Kier alpha value is -3.35. The van der Waals surface area contributed by atoms with Crippen molar-refractivity contribution in [2.45, 2.75) is 6.54 Å². The zero-order valence-electron chi connectivity index (χ0n) is 12.9. The summed E-state index contributed by atoms with van der Waals surface area (Å²) >= 11 is 0. The molecule has 0 saturated heterocycles. The molecule has 2 rings (SSSR count). The summed E-state index contributed by atoms with van der Waals surface area (Å²) in [5.74, 6) is -0.412. The molecule has 7 heteroatoms. The lowest BCUT2D eigenvalue weighted by Gasteiger charge is -2.06. The summed E-state index contributed by atoms with van der Waals surface area (Å²) in [6, 6.07) is 15.6. The molecule has 24 heavy (non-hydrogen) atoms. The summed E-state index contributed by atoms with van der Waals surface area (Å²) in [6.45, 7) is 0.165. The van der Waals surface area contributed by atoms with Crippen LogP contribution in [0.25, 0.3) is 0 Å². The molecule has 0 aliphatic heterocycles. The molecule has 0 atom stereocenters. The largest absolute Gasteiger partial charge is 0.507 e. The van der Waals surface area contributed by atoms with Crippen LogP contribution in [-0.4, -0.2) is 29.8 Å². The number of carbonyl (C=O) groups is 2. The van der Waals surface area contributed by atoms with Gasteiger partial charge in [0.25, 0.3) is 5.91 Å². The van der Waals surface area contributed by atoms with Gasteiger partial charge in [0, 0.05) is 12.1 Å². The average molecular weight is 326 g/mol. The number of nitrogens with one attached hydrogen (secondary N) is 3. The van der Waals surface area contributed by atoms with Crippen molar-refractivity contribution in [2.24, 2.45) is 5.10 Å². The number of aromatic hydroxyl groups is 1. The molecular formula is C17H18N4O3. The van der Waals surface area contributed by atoms with Gasteiger partial charge in [-0.1, -0.05) is 42.5 Å². The monoisotopic (exact) mass is 326 g/mol. The number of benzene rings is 2. The summed E-state index contributed by atoms with van der Waals surface area (Å²) < 4.78 is 0. The first-order valence-corrected chi connectivity index (χ1v) is 7.30. The van der Waals surface area contributed by atoms with Crippen LogP contribution in [0.1, 0.15) is 11.1 Å². The number of rotatable bonds is 6. The van der Waals surface area contributed by atoms with Gasteiger partial charge in [-0.15, -0.1) is 0 Å². The second-order valence-electron chi connectivity index (χ2n) is 4.87. The minimum absolute atomic E-state index is 0.0638. The highest BCUT2D eigenvalue weighted by Crippen LogP contribution is 2.12. The van der Waals surface area contributed by atoms with Crippen LogP contribution in [0.15, 0.2) is 59.7 Å². The molecule has 124 valence electrons. The zero-order chi connectivity index (χ0) is 17.2. The van der Waals surface area contributed by atoms with Crippen molar-refractivity contribution in [2.75, 3.05) is 6.54 Å². The molecule has 0 aromatic heterocycles. The van der Waals surface area contributed by atoms with E-state index >= 15 is 0 Å². The molecule has 0 aliphatic rings.